The summed E-state index contributed by atoms with van der Waals surface area (Å²) in [4.78, 5) is 2.48. The van der Waals surface area contributed by atoms with Gasteiger partial charge in [0.15, 0.2) is 0 Å². The zero-order chi connectivity index (χ0) is 12.5. The summed E-state index contributed by atoms with van der Waals surface area (Å²) in [6, 6.07) is 0. The second-order valence-electron chi connectivity index (χ2n) is 6.66. The molecule has 1 saturated heterocycles. The summed E-state index contributed by atoms with van der Waals surface area (Å²) < 4.78 is 0. The zero-order valence-corrected chi connectivity index (χ0v) is 11.2. The summed E-state index contributed by atoms with van der Waals surface area (Å²) in [6.07, 6.45) is 4.32. The predicted molar refractivity (Wildman–Crippen MR) is 68.8 cm³/mol. The minimum atomic E-state index is -0.139. The molecule has 2 fully saturated rings. The van der Waals surface area contributed by atoms with Crippen molar-refractivity contribution in [3.05, 3.63) is 0 Å². The first-order valence-electron chi connectivity index (χ1n) is 7.04. The summed E-state index contributed by atoms with van der Waals surface area (Å²) in [5.74, 6) is 1.13. The van der Waals surface area contributed by atoms with Crippen molar-refractivity contribution in [3.8, 4) is 0 Å². The van der Waals surface area contributed by atoms with Gasteiger partial charge in [-0.05, 0) is 49.5 Å². The standard InChI is InChI=1S/C14H27NO2/c1-14(2)6-3-12(13(14)17)10-15-7-4-11(9-15)5-8-16/h11-13,16-17H,3-10H2,1-2H3. The molecule has 1 aliphatic carbocycles. The van der Waals surface area contributed by atoms with Gasteiger partial charge < -0.3 is 15.1 Å². The van der Waals surface area contributed by atoms with E-state index in [4.69, 9.17) is 5.11 Å². The maximum absolute atomic E-state index is 10.3. The molecule has 0 radical (unpaired) electrons. The van der Waals surface area contributed by atoms with Gasteiger partial charge in [0, 0.05) is 19.7 Å². The van der Waals surface area contributed by atoms with Crippen molar-refractivity contribution in [2.45, 2.75) is 45.6 Å². The molecule has 0 bridgehead atoms. The number of likely N-dealkylation sites (tertiary alicyclic amines) is 1. The number of nitrogens with zero attached hydrogens (tertiary/aromatic N) is 1. The van der Waals surface area contributed by atoms with Crippen molar-refractivity contribution >= 4 is 0 Å². The van der Waals surface area contributed by atoms with Crippen molar-refractivity contribution in [2.75, 3.05) is 26.2 Å². The van der Waals surface area contributed by atoms with Crippen molar-refractivity contribution < 1.29 is 10.2 Å². The molecule has 2 aliphatic rings. The molecule has 100 valence electrons. The van der Waals surface area contributed by atoms with Crippen LogP contribution in [0.5, 0.6) is 0 Å². The lowest BCUT2D eigenvalue weighted by Crippen LogP contribution is -2.35. The van der Waals surface area contributed by atoms with Crippen LogP contribution in [0.2, 0.25) is 0 Å². The van der Waals surface area contributed by atoms with Crippen LogP contribution in [0.25, 0.3) is 0 Å². The van der Waals surface area contributed by atoms with Gasteiger partial charge in [0.25, 0.3) is 0 Å². The Labute approximate surface area is 105 Å². The predicted octanol–water partition coefficient (Wildman–Crippen LogP) is 1.49. The molecule has 1 aliphatic heterocycles. The van der Waals surface area contributed by atoms with Crippen LogP contribution in [-0.4, -0.2) is 47.5 Å². The van der Waals surface area contributed by atoms with E-state index in [0.717, 1.165) is 38.9 Å². The summed E-state index contributed by atoms with van der Waals surface area (Å²) in [5, 5.41) is 19.2. The molecule has 17 heavy (non-hydrogen) atoms. The second-order valence-corrected chi connectivity index (χ2v) is 6.66. The smallest absolute Gasteiger partial charge is 0.0631 e. The summed E-state index contributed by atoms with van der Waals surface area (Å²) in [7, 11) is 0. The first-order valence-corrected chi connectivity index (χ1v) is 7.04. The minimum Gasteiger partial charge on any atom is -0.396 e. The van der Waals surface area contributed by atoms with E-state index in [9.17, 15) is 5.11 Å². The molecular formula is C14H27NO2. The normalized spacial score (nSPS) is 37.8. The number of hydrogen-bond acceptors (Lipinski definition) is 3. The molecule has 0 spiro atoms. The SMILES string of the molecule is CC1(C)CCC(CN2CCC(CCO)C2)C1O. The van der Waals surface area contributed by atoms with Crippen molar-refractivity contribution in [1.29, 1.82) is 0 Å². The summed E-state index contributed by atoms with van der Waals surface area (Å²) in [5.41, 5.74) is 0.106. The lowest BCUT2D eigenvalue weighted by atomic mass is 9.87. The van der Waals surface area contributed by atoms with Gasteiger partial charge in [-0.25, -0.2) is 0 Å². The molecule has 3 nitrogen and oxygen atoms in total. The number of hydrogen-bond donors (Lipinski definition) is 2. The molecule has 1 saturated carbocycles. The summed E-state index contributed by atoms with van der Waals surface area (Å²) in [6.45, 7) is 7.98. The average Bonchev–Trinajstić information content (AvgIpc) is 2.80. The lowest BCUT2D eigenvalue weighted by molar-refractivity contribution is 0.0348. The highest BCUT2D eigenvalue weighted by Gasteiger charge is 2.41. The molecule has 3 unspecified atom stereocenters. The Bertz CT molecular complexity index is 255. The molecular weight excluding hydrogens is 214 g/mol. The molecule has 2 N–H and O–H groups in total. The molecule has 1 heterocycles. The lowest BCUT2D eigenvalue weighted by Gasteiger charge is -2.28. The zero-order valence-electron chi connectivity index (χ0n) is 11.2. The van der Waals surface area contributed by atoms with E-state index in [0.29, 0.717) is 18.4 Å². The van der Waals surface area contributed by atoms with Gasteiger partial charge in [-0.1, -0.05) is 13.8 Å². The third-order valence-corrected chi connectivity index (χ3v) is 4.81. The van der Waals surface area contributed by atoms with Gasteiger partial charge in [0.05, 0.1) is 6.10 Å². The molecule has 2 rings (SSSR count). The van der Waals surface area contributed by atoms with Crippen molar-refractivity contribution in [2.24, 2.45) is 17.3 Å². The van der Waals surface area contributed by atoms with Gasteiger partial charge in [-0.2, -0.15) is 0 Å². The van der Waals surface area contributed by atoms with E-state index < -0.39 is 0 Å². The van der Waals surface area contributed by atoms with E-state index in [2.05, 4.69) is 18.7 Å². The van der Waals surface area contributed by atoms with Crippen LogP contribution in [0.4, 0.5) is 0 Å². The highest BCUT2D eigenvalue weighted by molar-refractivity contribution is 4.93. The van der Waals surface area contributed by atoms with Gasteiger partial charge in [0.1, 0.15) is 0 Å². The van der Waals surface area contributed by atoms with Crippen molar-refractivity contribution in [3.63, 3.8) is 0 Å². The Morgan fingerprint density at radius 2 is 2.06 bits per heavy atom. The van der Waals surface area contributed by atoms with E-state index in [1.165, 1.54) is 6.42 Å². The van der Waals surface area contributed by atoms with E-state index in [1.807, 2.05) is 0 Å². The fraction of sp³-hybridized carbons (Fsp3) is 1.00. The maximum Gasteiger partial charge on any atom is 0.0631 e. The third kappa shape index (κ3) is 3.01. The van der Waals surface area contributed by atoms with Crippen LogP contribution < -0.4 is 0 Å². The Balaban J connectivity index is 1.79. The highest BCUT2D eigenvalue weighted by Crippen LogP contribution is 2.41. The Hall–Kier alpha value is -0.120. The largest absolute Gasteiger partial charge is 0.396 e. The second kappa shape index (κ2) is 5.25. The van der Waals surface area contributed by atoms with Gasteiger partial charge in [0.2, 0.25) is 0 Å². The average molecular weight is 241 g/mol. The van der Waals surface area contributed by atoms with Crippen LogP contribution in [0, 0.1) is 17.3 Å². The molecule has 3 atom stereocenters. The molecule has 3 heteroatoms. The Morgan fingerprint density at radius 1 is 1.29 bits per heavy atom. The number of aliphatic hydroxyl groups is 2. The van der Waals surface area contributed by atoms with Crippen LogP contribution >= 0.6 is 0 Å². The third-order valence-electron chi connectivity index (χ3n) is 4.81. The van der Waals surface area contributed by atoms with E-state index in [1.54, 1.807) is 0 Å². The Morgan fingerprint density at radius 3 is 2.65 bits per heavy atom. The Kier molecular flexibility index (Phi) is 4.11. The first-order chi connectivity index (χ1) is 8.03. The monoisotopic (exact) mass is 241 g/mol. The van der Waals surface area contributed by atoms with Gasteiger partial charge in [-0.3, -0.25) is 0 Å². The molecule has 0 aromatic heterocycles. The topological polar surface area (TPSA) is 43.7 Å². The molecule has 0 amide bonds. The van der Waals surface area contributed by atoms with Crippen molar-refractivity contribution in [1.82, 2.24) is 4.90 Å². The molecule has 0 aromatic carbocycles. The number of rotatable bonds is 4. The van der Waals surface area contributed by atoms with Crippen LogP contribution in [0.1, 0.15) is 39.5 Å². The quantitative estimate of drug-likeness (QED) is 0.783. The maximum atomic E-state index is 10.3. The van der Waals surface area contributed by atoms with Gasteiger partial charge in [-0.15, -0.1) is 0 Å². The van der Waals surface area contributed by atoms with Gasteiger partial charge >= 0.3 is 0 Å². The van der Waals surface area contributed by atoms with E-state index in [-0.39, 0.29) is 11.5 Å². The minimum absolute atomic E-state index is 0.106. The first kappa shape index (κ1) is 13.3. The van der Waals surface area contributed by atoms with Crippen LogP contribution in [0.3, 0.4) is 0 Å². The number of aliphatic hydroxyl groups excluding tert-OH is 2. The highest BCUT2D eigenvalue weighted by atomic mass is 16.3. The fourth-order valence-electron chi connectivity index (χ4n) is 3.52. The summed E-state index contributed by atoms with van der Waals surface area (Å²) >= 11 is 0. The fourth-order valence-corrected chi connectivity index (χ4v) is 3.52. The van der Waals surface area contributed by atoms with E-state index >= 15 is 0 Å². The van der Waals surface area contributed by atoms with Crippen LogP contribution in [0.15, 0.2) is 0 Å². The van der Waals surface area contributed by atoms with Crippen LogP contribution in [-0.2, 0) is 0 Å². The molecule has 0 aromatic rings.